The molecule has 1 aliphatic rings. The van der Waals surface area contributed by atoms with Crippen LogP contribution in [0.1, 0.15) is 21.7 Å². The first-order chi connectivity index (χ1) is 15.9. The lowest BCUT2D eigenvalue weighted by molar-refractivity contribution is 0.0744. The summed E-state index contributed by atoms with van der Waals surface area (Å²) in [5.74, 6) is -0.680. The highest BCUT2D eigenvalue weighted by atomic mass is 19.1. The van der Waals surface area contributed by atoms with Crippen molar-refractivity contribution in [2.75, 3.05) is 31.1 Å². The van der Waals surface area contributed by atoms with E-state index in [0.717, 1.165) is 16.8 Å². The van der Waals surface area contributed by atoms with Gasteiger partial charge in [-0.15, -0.1) is 0 Å². The molecule has 0 bridgehead atoms. The molecule has 1 amide bonds. The molecule has 1 saturated heterocycles. The van der Waals surface area contributed by atoms with Crippen LogP contribution in [0, 0.1) is 25.5 Å². The van der Waals surface area contributed by atoms with E-state index in [1.807, 2.05) is 24.8 Å². The van der Waals surface area contributed by atoms with Gasteiger partial charge in [0.25, 0.3) is 5.91 Å². The Hall–Kier alpha value is -3.81. The maximum absolute atomic E-state index is 14.1. The van der Waals surface area contributed by atoms with Crippen molar-refractivity contribution in [2.45, 2.75) is 13.8 Å². The van der Waals surface area contributed by atoms with E-state index in [2.05, 4.69) is 10.1 Å². The molecule has 0 N–H and O–H groups in total. The molecule has 3 heterocycles. The zero-order valence-electron chi connectivity index (χ0n) is 18.4. The van der Waals surface area contributed by atoms with Crippen LogP contribution in [0.15, 0.2) is 54.7 Å². The van der Waals surface area contributed by atoms with Gasteiger partial charge in [0.2, 0.25) is 0 Å². The van der Waals surface area contributed by atoms with Crippen LogP contribution in [0.2, 0.25) is 0 Å². The van der Waals surface area contributed by atoms with Crippen molar-refractivity contribution in [2.24, 2.45) is 0 Å². The van der Waals surface area contributed by atoms with Gasteiger partial charge in [-0.25, -0.2) is 18.3 Å². The first-order valence-electron chi connectivity index (χ1n) is 10.8. The van der Waals surface area contributed by atoms with Gasteiger partial charge in [-0.1, -0.05) is 24.3 Å². The minimum absolute atomic E-state index is 0.119. The van der Waals surface area contributed by atoms with Crippen LogP contribution < -0.4 is 4.90 Å². The van der Waals surface area contributed by atoms with Gasteiger partial charge in [0.05, 0.1) is 22.6 Å². The second-order valence-corrected chi connectivity index (χ2v) is 8.19. The van der Waals surface area contributed by atoms with Crippen molar-refractivity contribution >= 4 is 17.2 Å². The second-order valence-electron chi connectivity index (χ2n) is 8.19. The zero-order chi connectivity index (χ0) is 23.1. The first-order valence-corrected chi connectivity index (χ1v) is 10.8. The third-order valence-corrected chi connectivity index (χ3v) is 6.18. The molecular formula is C25H23F2N5O. The van der Waals surface area contributed by atoms with E-state index in [4.69, 9.17) is 0 Å². The van der Waals surface area contributed by atoms with Crippen molar-refractivity contribution < 1.29 is 13.6 Å². The number of amides is 1. The summed E-state index contributed by atoms with van der Waals surface area (Å²) in [6.45, 7) is 5.80. The third kappa shape index (κ3) is 3.71. The predicted molar refractivity (Wildman–Crippen MR) is 122 cm³/mol. The predicted octanol–water partition coefficient (Wildman–Crippen LogP) is 4.25. The number of anilines is 1. The monoisotopic (exact) mass is 447 g/mol. The Morgan fingerprint density at radius 3 is 2.33 bits per heavy atom. The number of hydrogen-bond donors (Lipinski definition) is 0. The molecule has 0 unspecified atom stereocenters. The Bertz CT molecular complexity index is 1340. The Balaban J connectivity index is 1.40. The van der Waals surface area contributed by atoms with Crippen LogP contribution >= 0.6 is 0 Å². The van der Waals surface area contributed by atoms with E-state index in [0.29, 0.717) is 48.8 Å². The maximum atomic E-state index is 14.1. The van der Waals surface area contributed by atoms with Gasteiger partial charge in [-0.3, -0.25) is 4.79 Å². The number of para-hydroxylation sites is 1. The van der Waals surface area contributed by atoms with Crippen LogP contribution in [0.3, 0.4) is 0 Å². The number of aromatic nitrogens is 3. The fraction of sp³-hybridized carbons (Fsp3) is 0.240. The summed E-state index contributed by atoms with van der Waals surface area (Å²) in [4.78, 5) is 21.6. The normalized spacial score (nSPS) is 14.2. The number of carbonyl (C=O) groups is 1. The summed E-state index contributed by atoms with van der Waals surface area (Å²) in [6, 6.07) is 12.9. The van der Waals surface area contributed by atoms with Crippen molar-refractivity contribution in [1.29, 1.82) is 0 Å². The van der Waals surface area contributed by atoms with Gasteiger partial charge in [-0.05, 0) is 43.7 Å². The van der Waals surface area contributed by atoms with Crippen LogP contribution in [0.4, 0.5) is 14.5 Å². The highest BCUT2D eigenvalue weighted by Crippen LogP contribution is 2.29. The largest absolute Gasteiger partial charge is 0.366 e. The topological polar surface area (TPSA) is 53.7 Å². The van der Waals surface area contributed by atoms with Gasteiger partial charge in [0.15, 0.2) is 5.65 Å². The molecule has 33 heavy (non-hydrogen) atoms. The zero-order valence-corrected chi connectivity index (χ0v) is 18.4. The lowest BCUT2D eigenvalue weighted by Crippen LogP contribution is -2.49. The molecule has 2 aromatic heterocycles. The van der Waals surface area contributed by atoms with Crippen molar-refractivity contribution in [3.8, 4) is 11.1 Å². The number of fused-ring (bicyclic) bond motifs is 1. The minimum Gasteiger partial charge on any atom is -0.366 e. The Morgan fingerprint density at radius 2 is 1.64 bits per heavy atom. The fourth-order valence-corrected chi connectivity index (χ4v) is 4.39. The summed E-state index contributed by atoms with van der Waals surface area (Å²) >= 11 is 0. The summed E-state index contributed by atoms with van der Waals surface area (Å²) in [6.07, 6.45) is 1.59. The first kappa shape index (κ1) is 21.1. The van der Waals surface area contributed by atoms with E-state index in [9.17, 15) is 13.6 Å². The molecule has 0 aliphatic carbocycles. The molecule has 4 aromatic rings. The second kappa shape index (κ2) is 8.27. The van der Waals surface area contributed by atoms with E-state index in [1.54, 1.807) is 39.9 Å². The van der Waals surface area contributed by atoms with E-state index >= 15 is 0 Å². The standard InChI is InChI=1S/C25H23F2N5O/c1-16-23(18-7-9-19(26)10-8-18)24-28-15-20(17(2)32(24)29-16)25(33)31-13-11-30(12-14-31)22-6-4-3-5-21(22)27/h3-10,15H,11-14H2,1-2H3. The smallest absolute Gasteiger partial charge is 0.257 e. The summed E-state index contributed by atoms with van der Waals surface area (Å²) < 4.78 is 29.2. The van der Waals surface area contributed by atoms with Crippen LogP contribution in [-0.4, -0.2) is 51.6 Å². The number of nitrogens with zero attached hydrogens (tertiary/aromatic N) is 5. The molecule has 0 spiro atoms. The molecule has 0 atom stereocenters. The number of piperazine rings is 1. The third-order valence-electron chi connectivity index (χ3n) is 6.18. The lowest BCUT2D eigenvalue weighted by Gasteiger charge is -2.36. The Kier molecular flexibility index (Phi) is 5.28. The number of hydrogen-bond acceptors (Lipinski definition) is 4. The average molecular weight is 447 g/mol. The number of carbonyl (C=O) groups excluding carboxylic acids is 1. The minimum atomic E-state index is -0.306. The van der Waals surface area contributed by atoms with Gasteiger partial charge >= 0.3 is 0 Å². The summed E-state index contributed by atoms with van der Waals surface area (Å²) in [5.41, 5.74) is 4.74. The Labute approximate surface area is 190 Å². The number of halogens is 2. The summed E-state index contributed by atoms with van der Waals surface area (Å²) in [5, 5.41) is 4.60. The van der Waals surface area contributed by atoms with Crippen LogP contribution in [0.5, 0.6) is 0 Å². The summed E-state index contributed by atoms with van der Waals surface area (Å²) in [7, 11) is 0. The molecule has 168 valence electrons. The molecular weight excluding hydrogens is 424 g/mol. The molecule has 2 aromatic carbocycles. The molecule has 0 radical (unpaired) electrons. The Morgan fingerprint density at radius 1 is 0.939 bits per heavy atom. The van der Waals surface area contributed by atoms with E-state index < -0.39 is 0 Å². The van der Waals surface area contributed by atoms with E-state index in [-0.39, 0.29) is 17.5 Å². The molecule has 6 nitrogen and oxygen atoms in total. The molecule has 8 heteroatoms. The SMILES string of the molecule is Cc1nn2c(C)c(C(=O)N3CCN(c4ccccc4F)CC3)cnc2c1-c1ccc(F)cc1. The fourth-order valence-electron chi connectivity index (χ4n) is 4.39. The molecule has 1 fully saturated rings. The van der Waals surface area contributed by atoms with Crippen molar-refractivity contribution in [3.05, 3.63) is 83.3 Å². The van der Waals surface area contributed by atoms with Gasteiger partial charge in [0.1, 0.15) is 11.6 Å². The van der Waals surface area contributed by atoms with Gasteiger partial charge < -0.3 is 9.80 Å². The number of rotatable bonds is 3. The quantitative estimate of drug-likeness (QED) is 0.471. The van der Waals surface area contributed by atoms with E-state index in [1.165, 1.54) is 18.2 Å². The average Bonchev–Trinajstić information content (AvgIpc) is 3.17. The lowest BCUT2D eigenvalue weighted by atomic mass is 10.1. The van der Waals surface area contributed by atoms with Gasteiger partial charge in [0, 0.05) is 37.9 Å². The highest BCUT2D eigenvalue weighted by molar-refractivity contribution is 5.96. The maximum Gasteiger partial charge on any atom is 0.257 e. The highest BCUT2D eigenvalue weighted by Gasteiger charge is 2.26. The van der Waals surface area contributed by atoms with Crippen molar-refractivity contribution in [1.82, 2.24) is 19.5 Å². The number of benzene rings is 2. The number of aryl methyl sites for hydroxylation is 2. The molecule has 0 saturated carbocycles. The van der Waals surface area contributed by atoms with Crippen LogP contribution in [-0.2, 0) is 0 Å². The molecule has 5 rings (SSSR count). The van der Waals surface area contributed by atoms with Gasteiger partial charge in [-0.2, -0.15) is 5.10 Å². The molecule has 1 aliphatic heterocycles. The van der Waals surface area contributed by atoms with Crippen LogP contribution in [0.25, 0.3) is 16.8 Å². The van der Waals surface area contributed by atoms with Crippen molar-refractivity contribution in [3.63, 3.8) is 0 Å².